The molecule has 0 aliphatic heterocycles. The molecule has 3 aromatic rings. The molecule has 0 saturated carbocycles. The number of aryl methyl sites for hydroxylation is 1. The van der Waals surface area contributed by atoms with Gasteiger partial charge in [-0.2, -0.15) is 0 Å². The molecule has 0 unspecified atom stereocenters. The minimum atomic E-state index is -4.11. The minimum absolute atomic E-state index is 0.0461. The number of benzene rings is 3. The molecule has 10 heteroatoms. The highest BCUT2D eigenvalue weighted by Gasteiger charge is 2.34. The summed E-state index contributed by atoms with van der Waals surface area (Å²) >= 11 is 12.8. The summed E-state index contributed by atoms with van der Waals surface area (Å²) < 4.78 is 28.6. The van der Waals surface area contributed by atoms with E-state index < -0.39 is 28.5 Å². The fourth-order valence-corrected chi connectivity index (χ4v) is 5.98. The van der Waals surface area contributed by atoms with E-state index in [1.165, 1.54) is 17.0 Å². The van der Waals surface area contributed by atoms with Crippen molar-refractivity contribution in [3.8, 4) is 0 Å². The number of hydrogen-bond donors (Lipinski definition) is 1. The maximum Gasteiger partial charge on any atom is 0.264 e. The summed E-state index contributed by atoms with van der Waals surface area (Å²) in [5.41, 5.74) is 1.74. The van der Waals surface area contributed by atoms with Crippen molar-refractivity contribution < 1.29 is 18.0 Å². The zero-order valence-corrected chi connectivity index (χ0v) is 23.9. The van der Waals surface area contributed by atoms with Crippen molar-refractivity contribution in [3.63, 3.8) is 0 Å². The number of hydrogen-bond acceptors (Lipinski definition) is 4. The number of carbonyl (C=O) groups is 2. The second kappa shape index (κ2) is 13.1. The fourth-order valence-electron chi connectivity index (χ4n) is 4.02. The summed E-state index contributed by atoms with van der Waals surface area (Å²) in [6.45, 7) is 5.23. The van der Waals surface area contributed by atoms with Crippen molar-refractivity contribution in [2.45, 2.75) is 44.7 Å². The molecule has 0 aliphatic rings. The van der Waals surface area contributed by atoms with Crippen LogP contribution in [-0.4, -0.2) is 44.3 Å². The van der Waals surface area contributed by atoms with Gasteiger partial charge in [-0.3, -0.25) is 13.9 Å². The highest BCUT2D eigenvalue weighted by molar-refractivity contribution is 7.92. The number of sulfonamides is 1. The van der Waals surface area contributed by atoms with Crippen molar-refractivity contribution in [3.05, 3.63) is 94.0 Å². The number of nitrogens with zero attached hydrogens (tertiary/aromatic N) is 2. The molecule has 1 N–H and O–H groups in total. The Morgan fingerprint density at radius 1 is 0.895 bits per heavy atom. The molecule has 3 rings (SSSR count). The smallest absolute Gasteiger partial charge is 0.264 e. The van der Waals surface area contributed by atoms with Crippen LogP contribution in [0.5, 0.6) is 0 Å². The van der Waals surface area contributed by atoms with Gasteiger partial charge in [0.15, 0.2) is 0 Å². The molecule has 3 aromatic carbocycles. The largest absolute Gasteiger partial charge is 0.355 e. The van der Waals surface area contributed by atoms with Crippen LogP contribution >= 0.6 is 23.2 Å². The van der Waals surface area contributed by atoms with Gasteiger partial charge in [0.1, 0.15) is 12.6 Å². The van der Waals surface area contributed by atoms with Crippen molar-refractivity contribution in [2.75, 3.05) is 17.4 Å². The van der Waals surface area contributed by atoms with Gasteiger partial charge in [0, 0.05) is 28.7 Å². The third-order valence-electron chi connectivity index (χ3n) is 6.06. The van der Waals surface area contributed by atoms with Crippen LogP contribution in [0.1, 0.15) is 31.4 Å². The Hall–Kier alpha value is -3.07. The van der Waals surface area contributed by atoms with E-state index in [4.69, 9.17) is 23.2 Å². The molecule has 0 aliphatic carbocycles. The third kappa shape index (κ3) is 6.87. The lowest BCUT2D eigenvalue weighted by molar-refractivity contribution is -0.140. The van der Waals surface area contributed by atoms with Crippen molar-refractivity contribution in [1.82, 2.24) is 10.2 Å². The summed E-state index contributed by atoms with van der Waals surface area (Å²) in [7, 11) is -4.11. The maximum atomic E-state index is 14.0. The van der Waals surface area contributed by atoms with Crippen molar-refractivity contribution in [2.24, 2.45) is 0 Å². The number of likely N-dealkylation sites (N-methyl/N-ethyl adjacent to an activating group) is 1. The summed E-state index contributed by atoms with van der Waals surface area (Å²) in [4.78, 5) is 28.3. The normalized spacial score (nSPS) is 12.0. The van der Waals surface area contributed by atoms with Crippen LogP contribution in [0.4, 0.5) is 5.69 Å². The average molecular weight is 577 g/mol. The lowest BCUT2D eigenvalue weighted by Gasteiger charge is -2.33. The Labute approximate surface area is 234 Å². The second-order valence-corrected chi connectivity index (χ2v) is 11.4. The molecule has 0 fully saturated rings. The maximum absolute atomic E-state index is 14.0. The zero-order chi connectivity index (χ0) is 27.9. The van der Waals surface area contributed by atoms with E-state index in [0.717, 1.165) is 9.87 Å². The SMILES string of the molecule is CCNC(=O)[C@H](CC)N(Cc1c(Cl)cccc1Cl)C(=O)CN(c1ccc(C)cc1)S(=O)(=O)c1ccccc1. The fraction of sp³-hybridized carbons (Fsp3) is 0.286. The molecule has 0 saturated heterocycles. The molecular formula is C28H31Cl2N3O4S. The van der Waals surface area contributed by atoms with Gasteiger partial charge < -0.3 is 10.2 Å². The first-order valence-corrected chi connectivity index (χ1v) is 14.4. The van der Waals surface area contributed by atoms with E-state index >= 15 is 0 Å². The van der Waals surface area contributed by atoms with Crippen LogP contribution in [0, 0.1) is 6.92 Å². The van der Waals surface area contributed by atoms with E-state index in [9.17, 15) is 18.0 Å². The molecule has 202 valence electrons. The number of nitrogens with one attached hydrogen (secondary N) is 1. The molecule has 0 heterocycles. The number of carbonyl (C=O) groups excluding carboxylic acids is 2. The molecule has 0 spiro atoms. The van der Waals surface area contributed by atoms with Gasteiger partial charge in [-0.1, -0.05) is 72.1 Å². The van der Waals surface area contributed by atoms with Crippen LogP contribution < -0.4 is 9.62 Å². The summed E-state index contributed by atoms with van der Waals surface area (Å²) in [5.74, 6) is -0.918. The second-order valence-electron chi connectivity index (χ2n) is 8.70. The third-order valence-corrected chi connectivity index (χ3v) is 8.56. The van der Waals surface area contributed by atoms with Gasteiger partial charge in [-0.25, -0.2) is 8.42 Å². The Kier molecular flexibility index (Phi) is 10.2. The van der Waals surface area contributed by atoms with Gasteiger partial charge in [-0.15, -0.1) is 0 Å². The van der Waals surface area contributed by atoms with Gasteiger partial charge >= 0.3 is 0 Å². The Bertz CT molecular complexity index is 1350. The molecule has 2 amide bonds. The average Bonchev–Trinajstić information content (AvgIpc) is 2.90. The van der Waals surface area contributed by atoms with Crippen LogP contribution in [-0.2, 0) is 26.2 Å². The standard InChI is InChI=1S/C28H31Cl2N3O4S/c1-4-26(28(35)31-5-2)32(18-23-24(29)12-9-13-25(23)30)27(34)19-33(21-16-14-20(3)15-17-21)38(36,37)22-10-7-6-8-11-22/h6-17,26H,4-5,18-19H2,1-3H3,(H,31,35)/t26-/m0/s1. The molecule has 0 bridgehead atoms. The Morgan fingerprint density at radius 2 is 1.50 bits per heavy atom. The van der Waals surface area contributed by atoms with Crippen molar-refractivity contribution in [1.29, 1.82) is 0 Å². The number of rotatable bonds is 11. The number of halogens is 2. The molecule has 7 nitrogen and oxygen atoms in total. The van der Waals surface area contributed by atoms with E-state index in [1.807, 2.05) is 6.92 Å². The van der Waals surface area contributed by atoms with Crippen LogP contribution in [0.25, 0.3) is 0 Å². The molecular weight excluding hydrogens is 545 g/mol. The van der Waals surface area contributed by atoms with Crippen LogP contribution in [0.2, 0.25) is 10.0 Å². The quantitative estimate of drug-likeness (QED) is 0.330. The molecule has 1 atom stereocenters. The number of anilines is 1. The van der Waals surface area contributed by atoms with Gasteiger partial charge in [0.05, 0.1) is 10.6 Å². The summed E-state index contributed by atoms with van der Waals surface area (Å²) in [6.07, 6.45) is 0.301. The highest BCUT2D eigenvalue weighted by Crippen LogP contribution is 2.28. The zero-order valence-electron chi connectivity index (χ0n) is 21.5. The first-order chi connectivity index (χ1) is 18.1. The predicted octanol–water partition coefficient (Wildman–Crippen LogP) is 5.44. The van der Waals surface area contributed by atoms with E-state index in [2.05, 4.69) is 5.32 Å². The van der Waals surface area contributed by atoms with Crippen LogP contribution in [0.3, 0.4) is 0 Å². The highest BCUT2D eigenvalue weighted by atomic mass is 35.5. The lowest BCUT2D eigenvalue weighted by Crippen LogP contribution is -2.52. The predicted molar refractivity (Wildman–Crippen MR) is 152 cm³/mol. The molecule has 0 radical (unpaired) electrons. The summed E-state index contributed by atoms with van der Waals surface area (Å²) in [5, 5.41) is 3.45. The monoisotopic (exact) mass is 575 g/mol. The van der Waals surface area contributed by atoms with E-state index in [1.54, 1.807) is 74.5 Å². The topological polar surface area (TPSA) is 86.8 Å². The van der Waals surface area contributed by atoms with E-state index in [-0.39, 0.29) is 17.3 Å². The number of amides is 2. The molecule has 38 heavy (non-hydrogen) atoms. The molecule has 0 aromatic heterocycles. The Morgan fingerprint density at radius 3 is 2.05 bits per heavy atom. The minimum Gasteiger partial charge on any atom is -0.355 e. The van der Waals surface area contributed by atoms with Gasteiger partial charge in [0.2, 0.25) is 11.8 Å². The van der Waals surface area contributed by atoms with Crippen LogP contribution in [0.15, 0.2) is 77.7 Å². The first kappa shape index (κ1) is 29.5. The van der Waals surface area contributed by atoms with E-state index in [0.29, 0.717) is 34.3 Å². The Balaban J connectivity index is 2.08. The van der Waals surface area contributed by atoms with Gasteiger partial charge in [-0.05, 0) is 56.7 Å². The lowest BCUT2D eigenvalue weighted by atomic mass is 10.1. The first-order valence-electron chi connectivity index (χ1n) is 12.2. The summed E-state index contributed by atoms with van der Waals surface area (Å²) in [6, 6.07) is 18.9. The van der Waals surface area contributed by atoms with Crippen molar-refractivity contribution >= 4 is 50.7 Å². The van der Waals surface area contributed by atoms with Gasteiger partial charge in [0.25, 0.3) is 10.0 Å².